The number of hydrogen-bond acceptors (Lipinski definition) is 2. The summed E-state index contributed by atoms with van der Waals surface area (Å²) >= 11 is 7.34. The highest BCUT2D eigenvalue weighted by Gasteiger charge is 2.33. The number of hydrogen-bond donors (Lipinski definition) is 0. The number of alkyl halides is 3. The molecule has 0 bridgehead atoms. The van der Waals surface area contributed by atoms with Crippen LogP contribution >= 0.6 is 43.2 Å². The Balaban J connectivity index is 2.49. The molecular formula is C13H7Br2F3OS. The first-order chi connectivity index (χ1) is 9.20. The summed E-state index contributed by atoms with van der Waals surface area (Å²) in [5.74, 6) is -0.423. The molecule has 0 amide bonds. The van der Waals surface area contributed by atoms with E-state index in [4.69, 9.17) is 0 Å². The largest absolute Gasteiger partial charge is 0.417 e. The van der Waals surface area contributed by atoms with Gasteiger partial charge in [-0.05, 0) is 47.1 Å². The Kier molecular flexibility index (Phi) is 4.41. The fourth-order valence-electron chi connectivity index (χ4n) is 1.65. The molecule has 0 saturated heterocycles. The van der Waals surface area contributed by atoms with Gasteiger partial charge < -0.3 is 0 Å². The molecular weight excluding hydrogens is 421 g/mol. The van der Waals surface area contributed by atoms with Gasteiger partial charge in [0.1, 0.15) is 0 Å². The van der Waals surface area contributed by atoms with Crippen molar-refractivity contribution >= 4 is 49.0 Å². The minimum atomic E-state index is -4.50. The summed E-state index contributed by atoms with van der Waals surface area (Å²) in [4.78, 5) is 13.6. The van der Waals surface area contributed by atoms with E-state index in [0.29, 0.717) is 9.35 Å². The number of carbonyl (C=O) groups is 1. The summed E-state index contributed by atoms with van der Waals surface area (Å²) in [6.45, 7) is 1.83. The average Bonchev–Trinajstić information content (AvgIpc) is 2.66. The first-order valence-corrected chi connectivity index (χ1v) is 7.78. The zero-order valence-electron chi connectivity index (χ0n) is 10.0. The first-order valence-electron chi connectivity index (χ1n) is 5.37. The summed E-state index contributed by atoms with van der Waals surface area (Å²) in [7, 11) is 0. The lowest BCUT2D eigenvalue weighted by atomic mass is 10.1. The number of halogens is 5. The highest BCUT2D eigenvalue weighted by Crippen LogP contribution is 2.36. The van der Waals surface area contributed by atoms with Crippen LogP contribution in [-0.4, -0.2) is 5.78 Å². The Hall–Kier alpha value is -0.660. The van der Waals surface area contributed by atoms with Crippen LogP contribution in [0.2, 0.25) is 0 Å². The fraction of sp³-hybridized carbons (Fsp3) is 0.154. The quantitative estimate of drug-likeness (QED) is 0.551. The Labute approximate surface area is 134 Å². The Bertz CT molecular complexity index is 677. The van der Waals surface area contributed by atoms with E-state index in [-0.39, 0.29) is 10.0 Å². The molecule has 0 radical (unpaired) electrons. The van der Waals surface area contributed by atoms with Gasteiger partial charge in [0.25, 0.3) is 0 Å². The summed E-state index contributed by atoms with van der Waals surface area (Å²) < 4.78 is 39.0. The van der Waals surface area contributed by atoms with Gasteiger partial charge in [-0.25, -0.2) is 0 Å². The number of carbonyl (C=O) groups excluding carboxylic acids is 1. The summed E-state index contributed by atoms with van der Waals surface area (Å²) in [5.41, 5.74) is -0.837. The minimum Gasteiger partial charge on any atom is -0.288 e. The molecule has 0 saturated carbocycles. The van der Waals surface area contributed by atoms with Gasteiger partial charge in [-0.15, -0.1) is 11.3 Å². The predicted octanol–water partition coefficient (Wildman–Crippen LogP) is 5.83. The van der Waals surface area contributed by atoms with Crippen LogP contribution in [0.15, 0.2) is 33.2 Å². The van der Waals surface area contributed by atoms with Crippen molar-refractivity contribution in [1.29, 1.82) is 0 Å². The van der Waals surface area contributed by atoms with Crippen LogP contribution in [0, 0.1) is 6.92 Å². The normalized spacial score (nSPS) is 11.7. The molecule has 1 heterocycles. The number of aryl methyl sites for hydroxylation is 1. The fourth-order valence-corrected chi connectivity index (χ4v) is 3.91. The minimum absolute atomic E-state index is 0.0167. The molecule has 0 aliphatic carbocycles. The number of benzene rings is 1. The smallest absolute Gasteiger partial charge is 0.288 e. The molecule has 106 valence electrons. The summed E-state index contributed by atoms with van der Waals surface area (Å²) in [6.07, 6.45) is -4.50. The van der Waals surface area contributed by atoms with Crippen LogP contribution < -0.4 is 0 Å². The highest BCUT2D eigenvalue weighted by atomic mass is 79.9. The second-order valence-electron chi connectivity index (χ2n) is 4.06. The van der Waals surface area contributed by atoms with E-state index in [1.54, 1.807) is 6.07 Å². The topological polar surface area (TPSA) is 17.1 Å². The zero-order valence-corrected chi connectivity index (χ0v) is 14.0. The van der Waals surface area contributed by atoms with E-state index in [1.165, 1.54) is 23.5 Å². The molecule has 2 aromatic rings. The van der Waals surface area contributed by atoms with E-state index in [0.717, 1.165) is 10.9 Å². The number of thiophene rings is 1. The van der Waals surface area contributed by atoms with E-state index in [2.05, 4.69) is 31.9 Å². The van der Waals surface area contributed by atoms with Crippen molar-refractivity contribution in [3.05, 3.63) is 54.1 Å². The summed E-state index contributed by atoms with van der Waals surface area (Å²) in [5, 5.41) is 0. The van der Waals surface area contributed by atoms with Crippen LogP contribution in [0.5, 0.6) is 0 Å². The second kappa shape index (κ2) is 5.61. The van der Waals surface area contributed by atoms with Crippen molar-refractivity contribution < 1.29 is 18.0 Å². The Morgan fingerprint density at radius 1 is 1.15 bits per heavy atom. The van der Waals surface area contributed by atoms with Crippen molar-refractivity contribution in [2.45, 2.75) is 13.1 Å². The van der Waals surface area contributed by atoms with Crippen molar-refractivity contribution in [3.8, 4) is 0 Å². The standard InChI is InChI=1S/C13H7Br2F3OS/c1-6-4-10(15)12(20-6)11(19)7-2-3-9(14)8(5-7)13(16,17)18/h2-5H,1H3. The zero-order chi connectivity index (χ0) is 15.1. The lowest BCUT2D eigenvalue weighted by molar-refractivity contribution is -0.138. The maximum Gasteiger partial charge on any atom is 0.417 e. The van der Waals surface area contributed by atoms with Crippen LogP contribution in [-0.2, 0) is 6.18 Å². The van der Waals surface area contributed by atoms with Gasteiger partial charge in [-0.2, -0.15) is 13.2 Å². The van der Waals surface area contributed by atoms with Crippen LogP contribution in [0.3, 0.4) is 0 Å². The van der Waals surface area contributed by atoms with Crippen molar-refractivity contribution in [1.82, 2.24) is 0 Å². The average molecular weight is 428 g/mol. The van der Waals surface area contributed by atoms with E-state index in [9.17, 15) is 18.0 Å². The van der Waals surface area contributed by atoms with Gasteiger partial charge in [-0.1, -0.05) is 15.9 Å². The molecule has 0 unspecified atom stereocenters. The molecule has 7 heteroatoms. The van der Waals surface area contributed by atoms with Gasteiger partial charge in [-0.3, -0.25) is 4.79 Å². The lowest BCUT2D eigenvalue weighted by Gasteiger charge is -2.10. The van der Waals surface area contributed by atoms with Gasteiger partial charge in [0.15, 0.2) is 0 Å². The highest BCUT2D eigenvalue weighted by molar-refractivity contribution is 9.10. The predicted molar refractivity (Wildman–Crippen MR) is 79.3 cm³/mol. The Morgan fingerprint density at radius 3 is 2.30 bits per heavy atom. The molecule has 0 aliphatic rings. The third-order valence-corrected chi connectivity index (χ3v) is 5.18. The molecule has 0 fully saturated rings. The van der Waals surface area contributed by atoms with Gasteiger partial charge in [0.05, 0.1) is 10.4 Å². The number of rotatable bonds is 2. The molecule has 0 atom stereocenters. The lowest BCUT2D eigenvalue weighted by Crippen LogP contribution is -2.09. The maximum atomic E-state index is 12.8. The van der Waals surface area contributed by atoms with Crippen molar-refractivity contribution in [2.24, 2.45) is 0 Å². The molecule has 1 aromatic carbocycles. The number of ketones is 1. The van der Waals surface area contributed by atoms with Crippen LogP contribution in [0.4, 0.5) is 13.2 Å². The van der Waals surface area contributed by atoms with Gasteiger partial charge in [0.2, 0.25) is 5.78 Å². The molecule has 0 aliphatic heterocycles. The molecule has 1 aromatic heterocycles. The molecule has 0 spiro atoms. The van der Waals surface area contributed by atoms with Gasteiger partial charge >= 0.3 is 6.18 Å². The van der Waals surface area contributed by atoms with E-state index in [1.807, 2.05) is 6.92 Å². The first kappa shape index (κ1) is 15.7. The van der Waals surface area contributed by atoms with Crippen LogP contribution in [0.1, 0.15) is 25.7 Å². The summed E-state index contributed by atoms with van der Waals surface area (Å²) in [6, 6.07) is 5.25. The van der Waals surface area contributed by atoms with E-state index < -0.39 is 17.5 Å². The molecule has 2 rings (SSSR count). The monoisotopic (exact) mass is 426 g/mol. The van der Waals surface area contributed by atoms with Crippen molar-refractivity contribution in [2.75, 3.05) is 0 Å². The van der Waals surface area contributed by atoms with E-state index >= 15 is 0 Å². The van der Waals surface area contributed by atoms with Crippen LogP contribution in [0.25, 0.3) is 0 Å². The van der Waals surface area contributed by atoms with Gasteiger partial charge in [0, 0.05) is 19.4 Å². The molecule has 1 nitrogen and oxygen atoms in total. The maximum absolute atomic E-state index is 12.8. The third-order valence-electron chi connectivity index (χ3n) is 2.55. The second-order valence-corrected chi connectivity index (χ2v) is 7.02. The Morgan fingerprint density at radius 2 is 1.80 bits per heavy atom. The molecule has 0 N–H and O–H groups in total. The SMILES string of the molecule is Cc1cc(Br)c(C(=O)c2ccc(Br)c(C(F)(F)F)c2)s1. The van der Waals surface area contributed by atoms with Crippen molar-refractivity contribution in [3.63, 3.8) is 0 Å². The third kappa shape index (κ3) is 3.15. The molecule has 20 heavy (non-hydrogen) atoms.